The number of nitrogens with two attached hydrogens (primary N) is 2. The lowest BCUT2D eigenvalue weighted by Gasteiger charge is -2.10. The number of pyridine rings is 1. The number of hydrogen-bond donors (Lipinski definition) is 3. The van der Waals surface area contributed by atoms with E-state index < -0.39 is 18.5 Å². The van der Waals surface area contributed by atoms with Crippen LogP contribution in [0.1, 0.15) is 29.8 Å². The Balaban J connectivity index is 2.45. The Morgan fingerprint density at radius 2 is 2.00 bits per heavy atom. The molecular formula is C11H15F3N4O. The van der Waals surface area contributed by atoms with Crippen molar-refractivity contribution in [3.63, 3.8) is 0 Å². The van der Waals surface area contributed by atoms with Crippen molar-refractivity contribution in [1.29, 1.82) is 0 Å². The Morgan fingerprint density at radius 1 is 1.32 bits per heavy atom. The van der Waals surface area contributed by atoms with Gasteiger partial charge in [0.25, 0.3) is 5.91 Å². The number of halogens is 3. The van der Waals surface area contributed by atoms with Gasteiger partial charge in [0.05, 0.1) is 5.69 Å². The number of aromatic nitrogens is 1. The predicted octanol–water partition coefficient (Wildman–Crippen LogP) is 1.91. The maximum absolute atomic E-state index is 11.9. The van der Waals surface area contributed by atoms with Gasteiger partial charge in [-0.25, -0.2) is 4.98 Å². The van der Waals surface area contributed by atoms with Crippen LogP contribution < -0.4 is 16.8 Å². The van der Waals surface area contributed by atoms with Gasteiger partial charge < -0.3 is 16.8 Å². The summed E-state index contributed by atoms with van der Waals surface area (Å²) in [6.07, 6.45) is -4.62. The lowest BCUT2D eigenvalue weighted by molar-refractivity contribution is -0.135. The minimum atomic E-state index is -4.14. The zero-order chi connectivity index (χ0) is 14.5. The Kier molecular flexibility index (Phi) is 4.96. The van der Waals surface area contributed by atoms with Crippen LogP contribution in [-0.2, 0) is 0 Å². The van der Waals surface area contributed by atoms with Crippen molar-refractivity contribution in [3.8, 4) is 0 Å². The lowest BCUT2D eigenvalue weighted by atomic mass is 10.2. The zero-order valence-corrected chi connectivity index (χ0v) is 10.1. The highest BCUT2D eigenvalue weighted by atomic mass is 19.4. The second-order valence-corrected chi connectivity index (χ2v) is 4.00. The normalized spacial score (nSPS) is 11.3. The van der Waals surface area contributed by atoms with E-state index in [-0.39, 0.29) is 24.5 Å². The molecule has 5 nitrogen and oxygen atoms in total. The average molecular weight is 276 g/mol. The van der Waals surface area contributed by atoms with E-state index >= 15 is 0 Å². The van der Waals surface area contributed by atoms with Crippen LogP contribution in [0.2, 0.25) is 0 Å². The van der Waals surface area contributed by atoms with Gasteiger partial charge in [-0.3, -0.25) is 4.79 Å². The van der Waals surface area contributed by atoms with E-state index in [1.54, 1.807) is 0 Å². The fraction of sp³-hybridized carbons (Fsp3) is 0.455. The Bertz CT molecular complexity index is 448. The summed E-state index contributed by atoms with van der Waals surface area (Å²) in [5, 5.41) is 2.78. The van der Waals surface area contributed by atoms with Gasteiger partial charge in [0.15, 0.2) is 0 Å². The van der Waals surface area contributed by atoms with Crippen molar-refractivity contribution in [2.75, 3.05) is 17.6 Å². The molecule has 0 atom stereocenters. The molecule has 1 amide bonds. The first kappa shape index (κ1) is 15.1. The van der Waals surface area contributed by atoms with Crippen LogP contribution in [0.4, 0.5) is 24.7 Å². The Morgan fingerprint density at radius 3 is 2.58 bits per heavy atom. The summed E-state index contributed by atoms with van der Waals surface area (Å²) < 4.78 is 35.7. The fourth-order valence-electron chi connectivity index (χ4n) is 1.41. The number of amides is 1. The highest BCUT2D eigenvalue weighted by molar-refractivity contribution is 5.91. The number of primary amides is 1. The van der Waals surface area contributed by atoms with Crippen LogP contribution in [0.15, 0.2) is 12.1 Å². The van der Waals surface area contributed by atoms with Gasteiger partial charge in [-0.05, 0) is 25.0 Å². The summed E-state index contributed by atoms with van der Waals surface area (Å²) in [6, 6.07) is 2.84. The van der Waals surface area contributed by atoms with Crippen LogP contribution in [0, 0.1) is 0 Å². The molecule has 19 heavy (non-hydrogen) atoms. The van der Waals surface area contributed by atoms with Crippen LogP contribution in [0.25, 0.3) is 0 Å². The number of carbonyl (C=O) groups excluding carboxylic acids is 1. The molecular weight excluding hydrogens is 261 g/mol. The first-order chi connectivity index (χ1) is 8.79. The number of nitrogen functional groups attached to an aromatic ring is 1. The highest BCUT2D eigenvalue weighted by Gasteiger charge is 2.25. The molecule has 8 heteroatoms. The van der Waals surface area contributed by atoms with Gasteiger partial charge in [-0.15, -0.1) is 0 Å². The van der Waals surface area contributed by atoms with Crippen molar-refractivity contribution in [2.45, 2.75) is 25.4 Å². The summed E-state index contributed by atoms with van der Waals surface area (Å²) >= 11 is 0. The van der Waals surface area contributed by atoms with E-state index in [0.717, 1.165) is 0 Å². The van der Waals surface area contributed by atoms with Gasteiger partial charge >= 0.3 is 6.18 Å². The molecule has 1 aromatic rings. The minimum absolute atomic E-state index is 0.0198. The summed E-state index contributed by atoms with van der Waals surface area (Å²) in [4.78, 5) is 14.8. The smallest absolute Gasteiger partial charge is 0.389 e. The van der Waals surface area contributed by atoms with Crippen LogP contribution in [0.3, 0.4) is 0 Å². The molecule has 0 spiro atoms. The molecule has 0 aliphatic carbocycles. The molecule has 5 N–H and O–H groups in total. The largest absolute Gasteiger partial charge is 0.396 e. The molecule has 0 unspecified atom stereocenters. The minimum Gasteiger partial charge on any atom is -0.396 e. The van der Waals surface area contributed by atoms with Crippen molar-refractivity contribution >= 4 is 17.4 Å². The zero-order valence-electron chi connectivity index (χ0n) is 10.1. The summed E-state index contributed by atoms with van der Waals surface area (Å²) in [7, 11) is 0. The molecule has 1 rings (SSSR count). The van der Waals surface area contributed by atoms with Gasteiger partial charge in [0, 0.05) is 13.0 Å². The highest BCUT2D eigenvalue weighted by Crippen LogP contribution is 2.22. The standard InChI is InChI=1S/C11H15F3N4O/c12-11(13,14)5-1-2-6-17-10-7(15)3-4-8(18-10)9(16)19/h3-4H,1-2,5-6,15H2,(H2,16,19)(H,17,18). The quantitative estimate of drug-likeness (QED) is 0.692. The first-order valence-electron chi connectivity index (χ1n) is 5.66. The number of anilines is 2. The average Bonchev–Trinajstić information content (AvgIpc) is 2.29. The number of unbranched alkanes of at least 4 members (excludes halogenated alkanes) is 1. The molecule has 1 aromatic heterocycles. The van der Waals surface area contributed by atoms with Crippen LogP contribution in [0.5, 0.6) is 0 Å². The predicted molar refractivity (Wildman–Crippen MR) is 65.6 cm³/mol. The van der Waals surface area contributed by atoms with Gasteiger partial charge in [0.2, 0.25) is 0 Å². The van der Waals surface area contributed by atoms with E-state index in [9.17, 15) is 18.0 Å². The molecule has 106 valence electrons. The van der Waals surface area contributed by atoms with E-state index in [1.807, 2.05) is 0 Å². The third-order valence-corrected chi connectivity index (χ3v) is 2.36. The van der Waals surface area contributed by atoms with Gasteiger partial charge in [-0.1, -0.05) is 0 Å². The van der Waals surface area contributed by atoms with Crippen molar-refractivity contribution in [2.24, 2.45) is 5.73 Å². The molecule has 0 saturated carbocycles. The van der Waals surface area contributed by atoms with E-state index in [0.29, 0.717) is 12.1 Å². The van der Waals surface area contributed by atoms with Crippen molar-refractivity contribution in [3.05, 3.63) is 17.8 Å². The third kappa shape index (κ3) is 5.45. The molecule has 1 heterocycles. The summed E-state index contributed by atoms with van der Waals surface area (Å²) in [5.74, 6) is -0.441. The number of rotatable bonds is 6. The fourth-order valence-corrected chi connectivity index (χ4v) is 1.41. The molecule has 0 aliphatic heterocycles. The van der Waals surface area contributed by atoms with Crippen LogP contribution in [-0.4, -0.2) is 23.6 Å². The molecule has 0 aromatic carbocycles. The van der Waals surface area contributed by atoms with Gasteiger partial charge in [-0.2, -0.15) is 13.2 Å². The number of alkyl halides is 3. The number of nitrogens with one attached hydrogen (secondary N) is 1. The van der Waals surface area contributed by atoms with Crippen LogP contribution >= 0.6 is 0 Å². The SMILES string of the molecule is NC(=O)c1ccc(N)c(NCCCCC(F)(F)F)n1. The molecule has 0 radical (unpaired) electrons. The molecule has 0 bridgehead atoms. The molecule has 0 fully saturated rings. The third-order valence-electron chi connectivity index (χ3n) is 2.36. The van der Waals surface area contributed by atoms with Crippen molar-refractivity contribution < 1.29 is 18.0 Å². The van der Waals surface area contributed by atoms with Gasteiger partial charge in [0.1, 0.15) is 11.5 Å². The molecule has 0 saturated heterocycles. The Hall–Kier alpha value is -1.99. The molecule has 0 aliphatic rings. The maximum atomic E-state index is 11.9. The van der Waals surface area contributed by atoms with E-state index in [2.05, 4.69) is 10.3 Å². The van der Waals surface area contributed by atoms with Crippen molar-refractivity contribution in [1.82, 2.24) is 4.98 Å². The Labute approximate surface area is 108 Å². The summed E-state index contributed by atoms with van der Waals surface area (Å²) in [6.45, 7) is 0.287. The topological polar surface area (TPSA) is 94.0 Å². The second-order valence-electron chi connectivity index (χ2n) is 4.00. The first-order valence-corrected chi connectivity index (χ1v) is 5.66. The maximum Gasteiger partial charge on any atom is 0.389 e. The number of hydrogen-bond acceptors (Lipinski definition) is 4. The monoisotopic (exact) mass is 276 g/mol. The number of carbonyl (C=O) groups is 1. The van der Waals surface area contributed by atoms with E-state index in [4.69, 9.17) is 11.5 Å². The second kappa shape index (κ2) is 6.26. The summed E-state index contributed by atoms with van der Waals surface area (Å²) in [5.41, 5.74) is 11.0. The lowest BCUT2D eigenvalue weighted by Crippen LogP contribution is -2.15. The number of nitrogens with zero attached hydrogens (tertiary/aromatic N) is 1. The van der Waals surface area contributed by atoms with E-state index in [1.165, 1.54) is 12.1 Å².